The Morgan fingerprint density at radius 1 is 0.867 bits per heavy atom. The second-order valence-electron chi connectivity index (χ2n) is 8.26. The lowest BCUT2D eigenvalue weighted by atomic mass is 9.92. The highest BCUT2D eigenvalue weighted by Crippen LogP contribution is 2.32. The van der Waals surface area contributed by atoms with Crippen molar-refractivity contribution in [3.63, 3.8) is 0 Å². The molecule has 2 rings (SSSR count). The van der Waals surface area contributed by atoms with Crippen LogP contribution >= 0.6 is 0 Å². The molecule has 2 aromatic carbocycles. The Bertz CT molecular complexity index is 834. The van der Waals surface area contributed by atoms with Gasteiger partial charge in [-0.15, -0.1) is 0 Å². The SMILES string of the molecule is COc1ccc(NC(=O)C[NH+](C)CC(=O)Nc2c(C(C)C)cccc2C(C)C)cc1. The van der Waals surface area contributed by atoms with Gasteiger partial charge in [0, 0.05) is 11.4 Å². The summed E-state index contributed by atoms with van der Waals surface area (Å²) in [4.78, 5) is 25.8. The summed E-state index contributed by atoms with van der Waals surface area (Å²) >= 11 is 0. The van der Waals surface area contributed by atoms with Crippen molar-refractivity contribution in [1.29, 1.82) is 0 Å². The highest BCUT2D eigenvalue weighted by molar-refractivity contribution is 5.94. The molecule has 0 spiro atoms. The second-order valence-corrected chi connectivity index (χ2v) is 8.26. The fourth-order valence-corrected chi connectivity index (χ4v) is 3.37. The summed E-state index contributed by atoms with van der Waals surface area (Å²) in [5.41, 5.74) is 3.86. The van der Waals surface area contributed by atoms with Gasteiger partial charge in [-0.3, -0.25) is 9.59 Å². The van der Waals surface area contributed by atoms with E-state index < -0.39 is 0 Å². The lowest BCUT2D eigenvalue weighted by Crippen LogP contribution is -3.11. The summed E-state index contributed by atoms with van der Waals surface area (Å²) in [5.74, 6) is 1.10. The summed E-state index contributed by atoms with van der Waals surface area (Å²) in [6.45, 7) is 8.89. The number of hydrogen-bond acceptors (Lipinski definition) is 3. The Balaban J connectivity index is 1.96. The van der Waals surface area contributed by atoms with Gasteiger partial charge >= 0.3 is 0 Å². The number of hydrogen-bond donors (Lipinski definition) is 3. The van der Waals surface area contributed by atoms with Gasteiger partial charge in [-0.05, 0) is 47.2 Å². The van der Waals surface area contributed by atoms with Gasteiger partial charge < -0.3 is 20.3 Å². The van der Waals surface area contributed by atoms with Gasteiger partial charge in [0.1, 0.15) is 5.75 Å². The standard InChI is InChI=1S/C24H33N3O3/c1-16(2)20-8-7-9-21(17(3)4)24(20)26-23(29)15-27(5)14-22(28)25-18-10-12-19(30-6)13-11-18/h7-13,16-17H,14-15H2,1-6H3,(H,25,28)(H,26,29)/p+1. The van der Waals surface area contributed by atoms with E-state index in [0.29, 0.717) is 17.5 Å². The van der Waals surface area contributed by atoms with E-state index in [9.17, 15) is 9.59 Å². The number of amides is 2. The number of likely N-dealkylation sites (N-methyl/N-ethyl adjacent to an activating group) is 1. The van der Waals surface area contributed by atoms with Crippen molar-refractivity contribution < 1.29 is 19.2 Å². The molecule has 0 aliphatic carbocycles. The van der Waals surface area contributed by atoms with Gasteiger partial charge in [0.05, 0.1) is 14.2 Å². The van der Waals surface area contributed by atoms with E-state index in [4.69, 9.17) is 4.74 Å². The fraction of sp³-hybridized carbons (Fsp3) is 0.417. The van der Waals surface area contributed by atoms with E-state index in [1.807, 2.05) is 13.1 Å². The summed E-state index contributed by atoms with van der Waals surface area (Å²) in [6.07, 6.45) is 0. The topological polar surface area (TPSA) is 71.9 Å². The van der Waals surface area contributed by atoms with Gasteiger partial charge in [-0.2, -0.15) is 0 Å². The Hall–Kier alpha value is -2.86. The Labute approximate surface area is 179 Å². The quantitative estimate of drug-likeness (QED) is 0.593. The second kappa shape index (κ2) is 10.8. The van der Waals surface area contributed by atoms with Crippen LogP contribution in [0.3, 0.4) is 0 Å². The van der Waals surface area contributed by atoms with Gasteiger partial charge in [0.15, 0.2) is 13.1 Å². The zero-order valence-electron chi connectivity index (χ0n) is 18.8. The average Bonchev–Trinajstić information content (AvgIpc) is 2.67. The summed E-state index contributed by atoms with van der Waals surface area (Å²) in [6, 6.07) is 13.3. The largest absolute Gasteiger partial charge is 0.497 e. The van der Waals surface area contributed by atoms with Gasteiger partial charge in [0.25, 0.3) is 11.8 Å². The molecule has 2 amide bonds. The molecule has 0 radical (unpaired) electrons. The summed E-state index contributed by atoms with van der Waals surface area (Å²) < 4.78 is 5.12. The lowest BCUT2D eigenvalue weighted by molar-refractivity contribution is -0.862. The Kier molecular flexibility index (Phi) is 8.42. The molecule has 0 saturated carbocycles. The molecule has 162 valence electrons. The number of rotatable bonds is 9. The monoisotopic (exact) mass is 412 g/mol. The minimum atomic E-state index is -0.143. The minimum absolute atomic E-state index is 0.0975. The van der Waals surface area contributed by atoms with Crippen LogP contribution in [0.4, 0.5) is 11.4 Å². The first-order valence-corrected chi connectivity index (χ1v) is 10.4. The van der Waals surface area contributed by atoms with Gasteiger partial charge in [-0.25, -0.2) is 0 Å². The van der Waals surface area contributed by atoms with E-state index >= 15 is 0 Å². The number of ether oxygens (including phenoxy) is 1. The molecular formula is C24H34N3O3+. The smallest absolute Gasteiger partial charge is 0.279 e. The number of methoxy groups -OCH3 is 1. The summed E-state index contributed by atoms with van der Waals surface area (Å²) in [7, 11) is 3.44. The number of carbonyl (C=O) groups is 2. The molecule has 0 heterocycles. The van der Waals surface area contributed by atoms with E-state index in [1.165, 1.54) is 0 Å². The van der Waals surface area contributed by atoms with Crippen LogP contribution in [-0.2, 0) is 9.59 Å². The molecule has 0 bridgehead atoms. The molecule has 0 aliphatic heterocycles. The van der Waals surface area contributed by atoms with Gasteiger partial charge in [0.2, 0.25) is 0 Å². The first kappa shape index (κ1) is 23.4. The maximum atomic E-state index is 12.7. The van der Waals surface area contributed by atoms with Crippen LogP contribution in [0.15, 0.2) is 42.5 Å². The molecule has 0 aliphatic rings. The van der Waals surface area contributed by atoms with Crippen LogP contribution in [0.25, 0.3) is 0 Å². The molecule has 6 heteroatoms. The van der Waals surface area contributed by atoms with Crippen molar-refractivity contribution in [2.24, 2.45) is 0 Å². The number of carbonyl (C=O) groups excluding carboxylic acids is 2. The molecule has 0 saturated heterocycles. The highest BCUT2D eigenvalue weighted by atomic mass is 16.5. The predicted molar refractivity (Wildman–Crippen MR) is 121 cm³/mol. The van der Waals surface area contributed by atoms with Crippen molar-refractivity contribution in [3.05, 3.63) is 53.6 Å². The normalized spacial score (nSPS) is 12.0. The van der Waals surface area contributed by atoms with Crippen LogP contribution in [0, 0.1) is 0 Å². The Morgan fingerprint density at radius 3 is 1.83 bits per heavy atom. The van der Waals surface area contributed by atoms with E-state index in [-0.39, 0.29) is 24.9 Å². The Morgan fingerprint density at radius 2 is 1.37 bits per heavy atom. The third-order valence-electron chi connectivity index (χ3n) is 4.94. The van der Waals surface area contributed by atoms with Crippen molar-refractivity contribution in [1.82, 2.24) is 0 Å². The molecule has 0 fully saturated rings. The van der Waals surface area contributed by atoms with Crippen molar-refractivity contribution in [2.75, 3.05) is 37.9 Å². The number of quaternary nitrogens is 1. The third-order valence-corrected chi connectivity index (χ3v) is 4.94. The number of nitrogens with one attached hydrogen (secondary N) is 3. The highest BCUT2D eigenvalue weighted by Gasteiger charge is 2.19. The maximum Gasteiger partial charge on any atom is 0.279 e. The first-order chi connectivity index (χ1) is 14.2. The van der Waals surface area contributed by atoms with Crippen molar-refractivity contribution >= 4 is 23.2 Å². The first-order valence-electron chi connectivity index (χ1n) is 10.4. The molecule has 6 nitrogen and oxygen atoms in total. The van der Waals surface area contributed by atoms with Crippen molar-refractivity contribution in [3.8, 4) is 5.75 Å². The minimum Gasteiger partial charge on any atom is -0.497 e. The molecule has 1 unspecified atom stereocenters. The van der Waals surface area contributed by atoms with Crippen LogP contribution in [0.2, 0.25) is 0 Å². The molecule has 0 aromatic heterocycles. The molecule has 3 N–H and O–H groups in total. The zero-order chi connectivity index (χ0) is 22.3. The lowest BCUT2D eigenvalue weighted by Gasteiger charge is -2.21. The molecule has 1 atom stereocenters. The van der Waals surface area contributed by atoms with E-state index in [2.05, 4.69) is 50.5 Å². The maximum absolute atomic E-state index is 12.7. The number of benzene rings is 2. The van der Waals surface area contributed by atoms with Crippen LogP contribution in [-0.4, -0.2) is 39.1 Å². The van der Waals surface area contributed by atoms with Crippen LogP contribution < -0.4 is 20.3 Å². The van der Waals surface area contributed by atoms with Crippen LogP contribution in [0.1, 0.15) is 50.7 Å². The molecule has 2 aromatic rings. The van der Waals surface area contributed by atoms with E-state index in [0.717, 1.165) is 27.5 Å². The average molecular weight is 413 g/mol. The van der Waals surface area contributed by atoms with Crippen molar-refractivity contribution in [2.45, 2.75) is 39.5 Å². The summed E-state index contributed by atoms with van der Waals surface area (Å²) in [5, 5.41) is 5.95. The van der Waals surface area contributed by atoms with Crippen LogP contribution in [0.5, 0.6) is 5.75 Å². The number of para-hydroxylation sites is 1. The zero-order valence-corrected chi connectivity index (χ0v) is 18.8. The molecule has 30 heavy (non-hydrogen) atoms. The van der Waals surface area contributed by atoms with Gasteiger partial charge in [-0.1, -0.05) is 45.9 Å². The number of anilines is 2. The third kappa shape index (κ3) is 6.59. The fourth-order valence-electron chi connectivity index (χ4n) is 3.37. The van der Waals surface area contributed by atoms with E-state index in [1.54, 1.807) is 31.4 Å². The predicted octanol–water partition coefficient (Wildman–Crippen LogP) is 3.03. The molecular weight excluding hydrogens is 378 g/mol.